The molecule has 87 valence electrons. The van der Waals surface area contributed by atoms with Crippen molar-refractivity contribution in [1.29, 1.82) is 0 Å². The summed E-state index contributed by atoms with van der Waals surface area (Å²) in [6.07, 6.45) is 0.911. The first-order valence-electron chi connectivity index (χ1n) is 6.00. The molecule has 0 fully saturated rings. The zero-order chi connectivity index (χ0) is 12.5. The molecular weight excluding hydrogens is 220 g/mol. The number of aldehydes is 1. The molecule has 0 heterocycles. The standard InChI is InChI=1S/C17H13O/c1-12(11-18)17-15-8-4-2-6-13(15)10-14-7-3-5-9-16(14)17/h2-12H,1H2. The van der Waals surface area contributed by atoms with Gasteiger partial charge in [0.1, 0.15) is 6.29 Å². The second-order valence-corrected chi connectivity index (χ2v) is 4.48. The molecule has 1 atom stereocenters. The van der Waals surface area contributed by atoms with E-state index in [1.165, 1.54) is 0 Å². The molecule has 0 bridgehead atoms. The van der Waals surface area contributed by atoms with Gasteiger partial charge in [-0.3, -0.25) is 0 Å². The lowest BCUT2D eigenvalue weighted by Crippen LogP contribution is -1.97. The third-order valence-electron chi connectivity index (χ3n) is 3.35. The van der Waals surface area contributed by atoms with Crippen LogP contribution in [0.4, 0.5) is 0 Å². The second-order valence-electron chi connectivity index (χ2n) is 4.48. The van der Waals surface area contributed by atoms with E-state index in [0.717, 1.165) is 33.4 Å². The van der Waals surface area contributed by atoms with Gasteiger partial charge in [0.05, 0.1) is 0 Å². The van der Waals surface area contributed by atoms with Crippen LogP contribution in [0.3, 0.4) is 0 Å². The van der Waals surface area contributed by atoms with Gasteiger partial charge in [-0.25, -0.2) is 0 Å². The van der Waals surface area contributed by atoms with Crippen molar-refractivity contribution in [2.24, 2.45) is 0 Å². The molecule has 3 aromatic carbocycles. The number of hydrogen-bond acceptors (Lipinski definition) is 1. The van der Waals surface area contributed by atoms with Crippen LogP contribution >= 0.6 is 0 Å². The Hall–Kier alpha value is -2.15. The lowest BCUT2D eigenvalue weighted by Gasteiger charge is -2.13. The first-order valence-corrected chi connectivity index (χ1v) is 6.00. The van der Waals surface area contributed by atoms with Crippen LogP contribution in [0.25, 0.3) is 21.5 Å². The Morgan fingerprint density at radius 1 is 0.889 bits per heavy atom. The Bertz CT molecular complexity index is 674. The summed E-state index contributed by atoms with van der Waals surface area (Å²) in [7, 11) is 0. The first kappa shape index (κ1) is 11.0. The van der Waals surface area contributed by atoms with Gasteiger partial charge in [-0.1, -0.05) is 48.5 Å². The van der Waals surface area contributed by atoms with Crippen molar-refractivity contribution >= 4 is 27.8 Å². The zero-order valence-electron chi connectivity index (χ0n) is 9.97. The molecule has 1 nitrogen and oxygen atoms in total. The molecule has 0 aliphatic heterocycles. The van der Waals surface area contributed by atoms with Crippen molar-refractivity contribution in [2.45, 2.75) is 5.92 Å². The highest BCUT2D eigenvalue weighted by atomic mass is 16.1. The largest absolute Gasteiger partial charge is 0.303 e. The summed E-state index contributed by atoms with van der Waals surface area (Å²) in [4.78, 5) is 11.1. The van der Waals surface area contributed by atoms with E-state index in [1.54, 1.807) is 0 Å². The van der Waals surface area contributed by atoms with Crippen LogP contribution in [0.15, 0.2) is 54.6 Å². The maximum atomic E-state index is 11.1. The number of carbonyl (C=O) groups excluding carboxylic acids is 1. The molecule has 0 aliphatic rings. The minimum atomic E-state index is -0.332. The second kappa shape index (κ2) is 4.26. The lowest BCUT2D eigenvalue weighted by molar-refractivity contribution is -0.108. The van der Waals surface area contributed by atoms with Gasteiger partial charge in [0.25, 0.3) is 0 Å². The Labute approximate surface area is 106 Å². The molecule has 0 aliphatic carbocycles. The summed E-state index contributed by atoms with van der Waals surface area (Å²) in [5.74, 6) is -0.332. The molecule has 0 saturated heterocycles. The molecule has 0 N–H and O–H groups in total. The van der Waals surface area contributed by atoms with Crippen molar-refractivity contribution in [3.63, 3.8) is 0 Å². The number of rotatable bonds is 2. The van der Waals surface area contributed by atoms with Crippen LogP contribution in [0.1, 0.15) is 11.5 Å². The average molecular weight is 233 g/mol. The van der Waals surface area contributed by atoms with E-state index in [9.17, 15) is 4.79 Å². The quantitative estimate of drug-likeness (QED) is 0.481. The molecule has 3 rings (SSSR count). The van der Waals surface area contributed by atoms with Gasteiger partial charge in [-0.2, -0.15) is 0 Å². The van der Waals surface area contributed by atoms with Gasteiger partial charge in [0, 0.05) is 5.92 Å². The Morgan fingerprint density at radius 2 is 1.39 bits per heavy atom. The minimum Gasteiger partial charge on any atom is -0.303 e. The van der Waals surface area contributed by atoms with E-state index in [0.29, 0.717) is 0 Å². The number of carbonyl (C=O) groups is 1. The van der Waals surface area contributed by atoms with Crippen molar-refractivity contribution in [3.8, 4) is 0 Å². The van der Waals surface area contributed by atoms with Gasteiger partial charge in [0.2, 0.25) is 0 Å². The van der Waals surface area contributed by atoms with E-state index in [-0.39, 0.29) is 5.92 Å². The molecule has 1 heteroatoms. The highest BCUT2D eigenvalue weighted by Crippen LogP contribution is 2.32. The number of fused-ring (bicyclic) bond motifs is 2. The molecular formula is C17H13O. The lowest BCUT2D eigenvalue weighted by atomic mass is 9.90. The number of hydrogen-bond donors (Lipinski definition) is 0. The van der Waals surface area contributed by atoms with Crippen molar-refractivity contribution in [1.82, 2.24) is 0 Å². The maximum Gasteiger partial charge on any atom is 0.127 e. The van der Waals surface area contributed by atoms with Gasteiger partial charge in [0.15, 0.2) is 0 Å². The normalized spacial score (nSPS) is 12.7. The molecule has 0 aromatic heterocycles. The predicted molar refractivity (Wildman–Crippen MR) is 75.6 cm³/mol. The van der Waals surface area contributed by atoms with E-state index in [2.05, 4.69) is 37.3 Å². The van der Waals surface area contributed by atoms with Crippen LogP contribution in [-0.4, -0.2) is 6.29 Å². The maximum absolute atomic E-state index is 11.1. The molecule has 3 aromatic rings. The van der Waals surface area contributed by atoms with E-state index in [1.807, 2.05) is 24.3 Å². The third kappa shape index (κ3) is 1.60. The van der Waals surface area contributed by atoms with E-state index >= 15 is 0 Å². The van der Waals surface area contributed by atoms with Crippen LogP contribution in [-0.2, 0) is 4.79 Å². The smallest absolute Gasteiger partial charge is 0.127 e. The van der Waals surface area contributed by atoms with Crippen molar-refractivity contribution in [2.75, 3.05) is 0 Å². The molecule has 0 amide bonds. The summed E-state index contributed by atoms with van der Waals surface area (Å²) < 4.78 is 0. The summed E-state index contributed by atoms with van der Waals surface area (Å²) >= 11 is 0. The van der Waals surface area contributed by atoms with Crippen LogP contribution in [0.2, 0.25) is 0 Å². The summed E-state index contributed by atoms with van der Waals surface area (Å²) in [5, 5.41) is 4.54. The van der Waals surface area contributed by atoms with Gasteiger partial charge < -0.3 is 4.79 Å². The van der Waals surface area contributed by atoms with Crippen LogP contribution in [0, 0.1) is 6.92 Å². The Morgan fingerprint density at radius 3 is 1.89 bits per heavy atom. The summed E-state index contributed by atoms with van der Waals surface area (Å²) in [5.41, 5.74) is 1.03. The minimum absolute atomic E-state index is 0.332. The van der Waals surface area contributed by atoms with E-state index < -0.39 is 0 Å². The van der Waals surface area contributed by atoms with E-state index in [4.69, 9.17) is 0 Å². The predicted octanol–water partition coefficient (Wildman–Crippen LogP) is 4.11. The summed E-state index contributed by atoms with van der Waals surface area (Å²) in [6, 6.07) is 18.4. The monoisotopic (exact) mass is 233 g/mol. The van der Waals surface area contributed by atoms with Crippen LogP contribution in [0.5, 0.6) is 0 Å². The Kier molecular flexibility index (Phi) is 2.60. The first-order chi connectivity index (χ1) is 8.81. The van der Waals surface area contributed by atoms with Crippen LogP contribution < -0.4 is 0 Å². The van der Waals surface area contributed by atoms with Crippen molar-refractivity contribution < 1.29 is 4.79 Å². The van der Waals surface area contributed by atoms with Gasteiger partial charge >= 0.3 is 0 Å². The van der Waals surface area contributed by atoms with Crippen molar-refractivity contribution in [3.05, 3.63) is 67.1 Å². The molecule has 1 radical (unpaired) electrons. The molecule has 18 heavy (non-hydrogen) atoms. The molecule has 1 unspecified atom stereocenters. The summed E-state index contributed by atoms with van der Waals surface area (Å²) in [6.45, 7) is 3.96. The molecule has 0 saturated carbocycles. The highest BCUT2D eigenvalue weighted by molar-refractivity contribution is 6.04. The fourth-order valence-electron chi connectivity index (χ4n) is 2.52. The average Bonchev–Trinajstić information content (AvgIpc) is 2.44. The van der Waals surface area contributed by atoms with Gasteiger partial charge in [-0.05, 0) is 40.1 Å². The third-order valence-corrected chi connectivity index (χ3v) is 3.35. The number of benzene rings is 3. The topological polar surface area (TPSA) is 17.1 Å². The Balaban J connectivity index is 2.53. The molecule has 0 spiro atoms. The van der Waals surface area contributed by atoms with Gasteiger partial charge in [-0.15, -0.1) is 0 Å². The highest BCUT2D eigenvalue weighted by Gasteiger charge is 2.12. The fraction of sp³-hybridized carbons (Fsp3) is 0.0588. The fourth-order valence-corrected chi connectivity index (χ4v) is 2.52. The SMILES string of the molecule is [CH2]C(C=O)c1c2ccccc2cc2ccccc12. The zero-order valence-corrected chi connectivity index (χ0v) is 9.97.